The molecule has 1 aromatic heterocycles. The Morgan fingerprint density at radius 3 is 2.55 bits per heavy atom. The molecule has 0 aliphatic heterocycles. The van der Waals surface area contributed by atoms with E-state index in [2.05, 4.69) is 9.71 Å². The monoisotopic (exact) mass is 296 g/mol. The number of hydrogen-bond donors (Lipinski definition) is 2. The van der Waals surface area contributed by atoms with Crippen LogP contribution >= 0.6 is 0 Å². The molecular weight excluding hydrogens is 283 g/mol. The van der Waals surface area contributed by atoms with Crippen molar-refractivity contribution in [2.45, 2.75) is 11.1 Å². The van der Waals surface area contributed by atoms with E-state index in [1.807, 2.05) is 0 Å². The van der Waals surface area contributed by atoms with Gasteiger partial charge in [-0.25, -0.2) is 22.5 Å². The molecule has 2 rings (SSSR count). The molecule has 0 spiro atoms. The summed E-state index contributed by atoms with van der Waals surface area (Å²) in [5.41, 5.74) is 0.0382. The van der Waals surface area contributed by atoms with Crippen LogP contribution in [0, 0.1) is 5.82 Å². The minimum absolute atomic E-state index is 0.0382. The van der Waals surface area contributed by atoms with E-state index in [1.165, 1.54) is 36.5 Å². The van der Waals surface area contributed by atoms with Crippen molar-refractivity contribution in [3.05, 3.63) is 60.0 Å². The second-order valence-corrected chi connectivity index (χ2v) is 5.77. The minimum atomic E-state index is -3.82. The van der Waals surface area contributed by atoms with E-state index in [4.69, 9.17) is 0 Å². The van der Waals surface area contributed by atoms with E-state index in [0.29, 0.717) is 0 Å². The Labute approximate surface area is 116 Å². The quantitative estimate of drug-likeness (QED) is 0.870. The molecule has 2 aromatic rings. The van der Waals surface area contributed by atoms with Crippen LogP contribution in [0.1, 0.15) is 11.7 Å². The lowest BCUT2D eigenvalue weighted by molar-refractivity contribution is 0.177. The Bertz CT molecular complexity index is 677. The summed E-state index contributed by atoms with van der Waals surface area (Å²) in [6, 6.07) is 10.1. The minimum Gasteiger partial charge on any atom is -0.387 e. The van der Waals surface area contributed by atoms with Gasteiger partial charge in [-0.2, -0.15) is 0 Å². The number of aliphatic hydroxyl groups excluding tert-OH is 1. The Kier molecular flexibility index (Phi) is 4.43. The SMILES string of the molecule is O=S(=O)(NCC(O)c1ccccc1F)c1ccccn1. The summed E-state index contributed by atoms with van der Waals surface area (Å²) in [5, 5.41) is 9.67. The van der Waals surface area contributed by atoms with Crippen molar-refractivity contribution in [3.8, 4) is 0 Å². The number of pyridine rings is 1. The van der Waals surface area contributed by atoms with Gasteiger partial charge in [-0.05, 0) is 18.2 Å². The van der Waals surface area contributed by atoms with Gasteiger partial charge in [0.15, 0.2) is 5.03 Å². The highest BCUT2D eigenvalue weighted by atomic mass is 32.2. The largest absolute Gasteiger partial charge is 0.387 e. The molecule has 0 saturated carbocycles. The molecule has 0 radical (unpaired) electrons. The van der Waals surface area contributed by atoms with Gasteiger partial charge in [-0.15, -0.1) is 0 Å². The van der Waals surface area contributed by atoms with E-state index in [9.17, 15) is 17.9 Å². The molecule has 0 fully saturated rings. The number of nitrogens with zero attached hydrogens (tertiary/aromatic N) is 1. The standard InChI is InChI=1S/C13H13FN2O3S/c14-11-6-2-1-5-10(11)12(17)9-16-20(18,19)13-7-3-4-8-15-13/h1-8,12,16-17H,9H2. The third-order valence-corrected chi connectivity index (χ3v) is 3.98. The molecule has 0 aliphatic rings. The first-order valence-corrected chi connectivity index (χ1v) is 7.32. The third kappa shape index (κ3) is 3.38. The Balaban J connectivity index is 2.08. The Morgan fingerprint density at radius 1 is 1.20 bits per heavy atom. The van der Waals surface area contributed by atoms with Crippen LogP contribution in [0.3, 0.4) is 0 Å². The highest BCUT2D eigenvalue weighted by molar-refractivity contribution is 7.89. The summed E-state index contributed by atoms with van der Waals surface area (Å²) in [5.74, 6) is -0.586. The van der Waals surface area contributed by atoms with Crippen LogP contribution in [0.4, 0.5) is 4.39 Å². The summed E-state index contributed by atoms with van der Waals surface area (Å²) < 4.78 is 39.4. The smallest absolute Gasteiger partial charge is 0.258 e. The first kappa shape index (κ1) is 14.6. The second kappa shape index (κ2) is 6.08. The average molecular weight is 296 g/mol. The maximum atomic E-state index is 13.4. The zero-order valence-corrected chi connectivity index (χ0v) is 11.2. The third-order valence-electron chi connectivity index (χ3n) is 2.64. The molecule has 5 nitrogen and oxygen atoms in total. The molecule has 1 aromatic carbocycles. The zero-order valence-electron chi connectivity index (χ0n) is 10.4. The maximum Gasteiger partial charge on any atom is 0.258 e. The van der Waals surface area contributed by atoms with Crippen LogP contribution < -0.4 is 4.72 Å². The average Bonchev–Trinajstić information content (AvgIpc) is 2.46. The van der Waals surface area contributed by atoms with Gasteiger partial charge in [-0.1, -0.05) is 24.3 Å². The van der Waals surface area contributed by atoms with Crippen molar-refractivity contribution in [3.63, 3.8) is 0 Å². The molecule has 1 heterocycles. The molecule has 1 atom stereocenters. The lowest BCUT2D eigenvalue weighted by atomic mass is 10.1. The zero-order chi connectivity index (χ0) is 14.6. The van der Waals surface area contributed by atoms with Crippen molar-refractivity contribution in [1.29, 1.82) is 0 Å². The lowest BCUT2D eigenvalue weighted by Crippen LogP contribution is -2.29. The molecule has 1 unspecified atom stereocenters. The number of rotatable bonds is 5. The van der Waals surface area contributed by atoms with Crippen LogP contribution in [0.2, 0.25) is 0 Å². The number of hydrogen-bond acceptors (Lipinski definition) is 4. The van der Waals surface area contributed by atoms with Gasteiger partial charge in [0.25, 0.3) is 10.0 Å². The van der Waals surface area contributed by atoms with Crippen LogP contribution in [0.25, 0.3) is 0 Å². The molecular formula is C13H13FN2O3S. The number of aromatic nitrogens is 1. The first-order valence-electron chi connectivity index (χ1n) is 5.84. The first-order chi connectivity index (χ1) is 9.50. The van der Waals surface area contributed by atoms with Gasteiger partial charge < -0.3 is 5.11 Å². The van der Waals surface area contributed by atoms with Crippen molar-refractivity contribution in [2.75, 3.05) is 6.54 Å². The van der Waals surface area contributed by atoms with E-state index in [0.717, 1.165) is 0 Å². The summed E-state index contributed by atoms with van der Waals surface area (Å²) in [4.78, 5) is 3.71. The fourth-order valence-electron chi connectivity index (χ4n) is 1.62. The predicted molar refractivity (Wildman–Crippen MR) is 70.8 cm³/mol. The lowest BCUT2D eigenvalue weighted by Gasteiger charge is -2.12. The molecule has 2 N–H and O–H groups in total. The van der Waals surface area contributed by atoms with Gasteiger partial charge in [-0.3, -0.25) is 0 Å². The molecule has 106 valence electrons. The topological polar surface area (TPSA) is 79.3 Å². The summed E-state index contributed by atoms with van der Waals surface area (Å²) in [6.45, 7) is -0.333. The predicted octanol–water partition coefficient (Wildman–Crippen LogP) is 1.23. The van der Waals surface area contributed by atoms with Gasteiger partial charge in [0, 0.05) is 18.3 Å². The van der Waals surface area contributed by atoms with E-state index in [1.54, 1.807) is 12.1 Å². The Hall–Kier alpha value is -1.83. The fraction of sp³-hybridized carbons (Fsp3) is 0.154. The number of halogens is 1. The second-order valence-electron chi connectivity index (χ2n) is 4.06. The number of sulfonamides is 1. The summed E-state index contributed by atoms with van der Waals surface area (Å²) >= 11 is 0. The highest BCUT2D eigenvalue weighted by Gasteiger charge is 2.18. The van der Waals surface area contributed by atoms with Crippen LogP contribution in [0.15, 0.2) is 53.7 Å². The van der Waals surface area contributed by atoms with Crippen molar-refractivity contribution in [2.24, 2.45) is 0 Å². The maximum absolute atomic E-state index is 13.4. The summed E-state index contributed by atoms with van der Waals surface area (Å²) in [7, 11) is -3.82. The highest BCUT2D eigenvalue weighted by Crippen LogP contribution is 2.16. The number of nitrogens with one attached hydrogen (secondary N) is 1. The normalized spacial score (nSPS) is 13.1. The molecule has 0 bridgehead atoms. The molecule has 0 saturated heterocycles. The van der Waals surface area contributed by atoms with Crippen molar-refractivity contribution >= 4 is 10.0 Å². The number of benzene rings is 1. The van der Waals surface area contributed by atoms with Gasteiger partial charge >= 0.3 is 0 Å². The molecule has 0 amide bonds. The van der Waals surface area contributed by atoms with Crippen LogP contribution in [0.5, 0.6) is 0 Å². The van der Waals surface area contributed by atoms with E-state index >= 15 is 0 Å². The van der Waals surface area contributed by atoms with E-state index < -0.39 is 21.9 Å². The van der Waals surface area contributed by atoms with Gasteiger partial charge in [0.05, 0.1) is 6.10 Å². The Morgan fingerprint density at radius 2 is 1.90 bits per heavy atom. The molecule has 7 heteroatoms. The summed E-state index contributed by atoms with van der Waals surface area (Å²) in [6.07, 6.45) is 0.0803. The molecule has 20 heavy (non-hydrogen) atoms. The fourth-order valence-corrected chi connectivity index (χ4v) is 2.61. The van der Waals surface area contributed by atoms with Gasteiger partial charge in [0.1, 0.15) is 5.82 Å². The van der Waals surface area contributed by atoms with E-state index in [-0.39, 0.29) is 17.1 Å². The van der Waals surface area contributed by atoms with Crippen LogP contribution in [-0.4, -0.2) is 25.1 Å². The number of aliphatic hydroxyl groups is 1. The van der Waals surface area contributed by atoms with Gasteiger partial charge in [0.2, 0.25) is 0 Å². The van der Waals surface area contributed by atoms with Crippen molar-refractivity contribution in [1.82, 2.24) is 9.71 Å². The molecule has 0 aliphatic carbocycles. The van der Waals surface area contributed by atoms with Crippen LogP contribution in [-0.2, 0) is 10.0 Å². The van der Waals surface area contributed by atoms with Crippen molar-refractivity contribution < 1.29 is 17.9 Å².